The summed E-state index contributed by atoms with van der Waals surface area (Å²) in [5.74, 6) is -0.635. The summed E-state index contributed by atoms with van der Waals surface area (Å²) < 4.78 is 26.8. The maximum absolute atomic E-state index is 13.8. The van der Waals surface area contributed by atoms with Crippen molar-refractivity contribution in [2.45, 2.75) is 53.6 Å². The SMILES string of the molecule is CC[C@H](C(=O)NCC(C)C)N(Cc1c(Cl)cccc1Cl)C(=O)CN(c1c(C)cccc1C)S(C)(=O)=O. The molecule has 1 atom stereocenters. The minimum atomic E-state index is -3.82. The van der Waals surface area contributed by atoms with Crippen LogP contribution in [0, 0.1) is 19.8 Å². The zero-order valence-electron chi connectivity index (χ0n) is 21.6. The zero-order valence-corrected chi connectivity index (χ0v) is 24.0. The molecule has 0 aliphatic heterocycles. The van der Waals surface area contributed by atoms with Gasteiger partial charge in [-0.1, -0.05) is 68.2 Å². The van der Waals surface area contributed by atoms with Crippen molar-refractivity contribution >= 4 is 50.7 Å². The van der Waals surface area contributed by atoms with Crippen LogP contribution in [0.3, 0.4) is 0 Å². The number of sulfonamides is 1. The Morgan fingerprint density at radius 1 is 1.00 bits per heavy atom. The number of nitrogens with zero attached hydrogens (tertiary/aromatic N) is 2. The molecule has 0 fully saturated rings. The molecule has 0 saturated carbocycles. The Hall–Kier alpha value is -2.29. The average Bonchev–Trinajstić information content (AvgIpc) is 2.77. The van der Waals surface area contributed by atoms with E-state index in [-0.39, 0.29) is 18.4 Å². The third kappa shape index (κ3) is 7.60. The smallest absolute Gasteiger partial charge is 0.244 e. The quantitative estimate of drug-likeness (QED) is 0.424. The fourth-order valence-electron chi connectivity index (χ4n) is 3.97. The van der Waals surface area contributed by atoms with Crippen molar-refractivity contribution in [3.63, 3.8) is 0 Å². The Labute approximate surface area is 224 Å². The predicted molar refractivity (Wildman–Crippen MR) is 147 cm³/mol. The Kier molecular flexibility index (Phi) is 10.6. The molecule has 2 amide bonds. The molecule has 0 saturated heterocycles. The topological polar surface area (TPSA) is 86.8 Å². The number of benzene rings is 2. The average molecular weight is 557 g/mol. The van der Waals surface area contributed by atoms with Gasteiger partial charge in [-0.05, 0) is 49.4 Å². The van der Waals surface area contributed by atoms with Crippen molar-refractivity contribution in [2.24, 2.45) is 5.92 Å². The molecular formula is C26H35Cl2N3O4S. The first-order valence-corrected chi connectivity index (χ1v) is 14.4. The van der Waals surface area contributed by atoms with E-state index in [0.717, 1.165) is 21.7 Å². The fraction of sp³-hybridized carbons (Fsp3) is 0.462. The number of hydrogen-bond acceptors (Lipinski definition) is 4. The van der Waals surface area contributed by atoms with Crippen molar-refractivity contribution in [1.29, 1.82) is 0 Å². The normalized spacial score (nSPS) is 12.4. The van der Waals surface area contributed by atoms with Crippen LogP contribution in [0.1, 0.15) is 43.9 Å². The van der Waals surface area contributed by atoms with Gasteiger partial charge >= 0.3 is 0 Å². The fourth-order valence-corrected chi connectivity index (χ4v) is 5.45. The third-order valence-electron chi connectivity index (χ3n) is 5.83. The number of para-hydroxylation sites is 1. The summed E-state index contributed by atoms with van der Waals surface area (Å²) >= 11 is 12.8. The minimum Gasteiger partial charge on any atom is -0.354 e. The van der Waals surface area contributed by atoms with Gasteiger partial charge in [0.25, 0.3) is 0 Å². The molecule has 0 bridgehead atoms. The summed E-state index contributed by atoms with van der Waals surface area (Å²) in [6.45, 7) is 9.26. The highest BCUT2D eigenvalue weighted by Gasteiger charge is 2.33. The summed E-state index contributed by atoms with van der Waals surface area (Å²) in [7, 11) is -3.82. The number of halogens is 2. The summed E-state index contributed by atoms with van der Waals surface area (Å²) in [6.07, 6.45) is 1.38. The van der Waals surface area contributed by atoms with E-state index in [1.807, 2.05) is 19.9 Å². The predicted octanol–water partition coefficient (Wildman–Crippen LogP) is 4.96. The highest BCUT2D eigenvalue weighted by atomic mass is 35.5. The lowest BCUT2D eigenvalue weighted by Crippen LogP contribution is -2.52. The Morgan fingerprint density at radius 3 is 2.00 bits per heavy atom. The van der Waals surface area contributed by atoms with Gasteiger partial charge in [0.15, 0.2) is 0 Å². The number of carbonyl (C=O) groups is 2. The molecule has 2 aromatic rings. The first-order valence-electron chi connectivity index (χ1n) is 11.8. The summed E-state index contributed by atoms with van der Waals surface area (Å²) in [5.41, 5.74) is 2.37. The van der Waals surface area contributed by atoms with Crippen LogP contribution in [0.15, 0.2) is 36.4 Å². The van der Waals surface area contributed by atoms with Gasteiger partial charge in [-0.15, -0.1) is 0 Å². The maximum Gasteiger partial charge on any atom is 0.244 e. The van der Waals surface area contributed by atoms with Crippen LogP contribution >= 0.6 is 23.2 Å². The lowest BCUT2D eigenvalue weighted by atomic mass is 10.1. The van der Waals surface area contributed by atoms with E-state index < -0.39 is 28.5 Å². The van der Waals surface area contributed by atoms with Crippen LogP contribution in [0.4, 0.5) is 5.69 Å². The van der Waals surface area contributed by atoms with Crippen LogP contribution in [0.25, 0.3) is 0 Å². The summed E-state index contributed by atoms with van der Waals surface area (Å²) in [5, 5.41) is 3.59. The molecule has 2 rings (SSSR count). The monoisotopic (exact) mass is 555 g/mol. The molecule has 0 aliphatic rings. The van der Waals surface area contributed by atoms with Gasteiger partial charge in [-0.2, -0.15) is 0 Å². The Morgan fingerprint density at radius 2 is 1.53 bits per heavy atom. The number of anilines is 1. The molecule has 0 unspecified atom stereocenters. The van der Waals surface area contributed by atoms with E-state index in [9.17, 15) is 18.0 Å². The van der Waals surface area contributed by atoms with Crippen LogP contribution in [0.2, 0.25) is 10.0 Å². The number of hydrogen-bond donors (Lipinski definition) is 1. The maximum atomic E-state index is 13.8. The van der Waals surface area contributed by atoms with Crippen LogP contribution < -0.4 is 9.62 Å². The number of amides is 2. The van der Waals surface area contributed by atoms with Gasteiger partial charge in [0, 0.05) is 28.7 Å². The van der Waals surface area contributed by atoms with Gasteiger partial charge in [0.1, 0.15) is 12.6 Å². The number of nitrogens with one attached hydrogen (secondary N) is 1. The standard InChI is InChI=1S/C26H35Cl2N3O4S/c1-7-23(26(33)29-14-17(2)3)30(15-20-21(27)12-9-13-22(20)28)24(32)16-31(36(6,34)35)25-18(4)10-8-11-19(25)5/h8-13,17,23H,7,14-16H2,1-6H3,(H,29,33)/t23-/m1/s1. The number of carbonyl (C=O) groups excluding carboxylic acids is 2. The van der Waals surface area contributed by atoms with E-state index >= 15 is 0 Å². The van der Waals surface area contributed by atoms with Gasteiger partial charge in [-0.3, -0.25) is 13.9 Å². The van der Waals surface area contributed by atoms with Crippen LogP contribution in [0.5, 0.6) is 0 Å². The minimum absolute atomic E-state index is 0.0463. The second kappa shape index (κ2) is 12.8. The molecular weight excluding hydrogens is 521 g/mol. The summed E-state index contributed by atoms with van der Waals surface area (Å²) in [6, 6.07) is 9.58. The van der Waals surface area contributed by atoms with E-state index in [1.165, 1.54) is 4.90 Å². The highest BCUT2D eigenvalue weighted by Crippen LogP contribution is 2.29. The molecule has 2 aromatic carbocycles. The molecule has 0 aliphatic carbocycles. The lowest BCUT2D eigenvalue weighted by molar-refractivity contribution is -0.140. The highest BCUT2D eigenvalue weighted by molar-refractivity contribution is 7.92. The lowest BCUT2D eigenvalue weighted by Gasteiger charge is -2.34. The molecule has 0 heterocycles. The second-order valence-corrected chi connectivity index (χ2v) is 12.0. The second-order valence-electron chi connectivity index (χ2n) is 9.29. The Bertz CT molecular complexity index is 1160. The van der Waals surface area contributed by atoms with E-state index in [4.69, 9.17) is 23.2 Å². The molecule has 10 heteroatoms. The molecule has 1 N–H and O–H groups in total. The van der Waals surface area contributed by atoms with Gasteiger partial charge in [0.05, 0.1) is 11.9 Å². The van der Waals surface area contributed by atoms with E-state index in [0.29, 0.717) is 34.3 Å². The molecule has 0 radical (unpaired) electrons. The van der Waals surface area contributed by atoms with Crippen molar-refractivity contribution in [3.05, 3.63) is 63.1 Å². The first kappa shape index (κ1) is 29.9. The van der Waals surface area contributed by atoms with Gasteiger partial charge < -0.3 is 10.2 Å². The van der Waals surface area contributed by atoms with Crippen molar-refractivity contribution in [2.75, 3.05) is 23.7 Å². The largest absolute Gasteiger partial charge is 0.354 e. The molecule has 198 valence electrons. The van der Waals surface area contributed by atoms with Crippen molar-refractivity contribution < 1.29 is 18.0 Å². The van der Waals surface area contributed by atoms with Crippen molar-refractivity contribution in [1.82, 2.24) is 10.2 Å². The van der Waals surface area contributed by atoms with Crippen LogP contribution in [-0.2, 0) is 26.2 Å². The third-order valence-corrected chi connectivity index (χ3v) is 7.65. The van der Waals surface area contributed by atoms with E-state index in [1.54, 1.807) is 51.1 Å². The van der Waals surface area contributed by atoms with Crippen molar-refractivity contribution in [3.8, 4) is 0 Å². The molecule has 0 aromatic heterocycles. The zero-order chi connectivity index (χ0) is 27.2. The molecule has 0 spiro atoms. The number of rotatable bonds is 11. The summed E-state index contributed by atoms with van der Waals surface area (Å²) in [4.78, 5) is 28.3. The van der Waals surface area contributed by atoms with E-state index in [2.05, 4.69) is 5.32 Å². The number of aryl methyl sites for hydroxylation is 2. The Balaban J connectivity index is 2.54. The van der Waals surface area contributed by atoms with Gasteiger partial charge in [0.2, 0.25) is 21.8 Å². The van der Waals surface area contributed by atoms with Gasteiger partial charge in [-0.25, -0.2) is 8.42 Å². The first-order chi connectivity index (χ1) is 16.8. The molecule has 7 nitrogen and oxygen atoms in total. The molecule has 36 heavy (non-hydrogen) atoms. The van der Waals surface area contributed by atoms with Crippen LogP contribution in [-0.4, -0.2) is 50.5 Å².